The van der Waals surface area contributed by atoms with Crippen molar-refractivity contribution in [2.24, 2.45) is 56.7 Å². The minimum Gasteiger partial charge on any atom is -0.478 e. The molecule has 5 rings (SSSR count). The number of hydrogen-bond donors (Lipinski definition) is 2. The highest BCUT2D eigenvalue weighted by Gasteiger charge is 2.71. The predicted octanol–water partition coefficient (Wildman–Crippen LogP) is 7.19. The molecule has 5 heteroatoms. The van der Waals surface area contributed by atoms with Gasteiger partial charge in [-0.05, 0) is 122 Å². The molecule has 0 bridgehead atoms. The third-order valence-electron chi connectivity index (χ3n) is 14.1. The van der Waals surface area contributed by atoms with E-state index < -0.39 is 11.9 Å². The van der Waals surface area contributed by atoms with Crippen LogP contribution in [0.1, 0.15) is 106 Å². The summed E-state index contributed by atoms with van der Waals surface area (Å²) in [6, 6.07) is 0. The molecular formula is C34H52O5. The molecule has 0 aliphatic heterocycles. The summed E-state index contributed by atoms with van der Waals surface area (Å²) in [6.07, 6.45) is 13.1. The van der Waals surface area contributed by atoms with Crippen LogP contribution in [-0.2, 0) is 14.3 Å². The highest BCUT2D eigenvalue weighted by molar-refractivity contribution is 5.90. The molecule has 0 aromatic carbocycles. The van der Waals surface area contributed by atoms with Crippen LogP contribution in [0.5, 0.6) is 0 Å². The van der Waals surface area contributed by atoms with Crippen LogP contribution in [0.3, 0.4) is 0 Å². The smallest absolute Gasteiger partial charge is 0.331 e. The molecule has 0 radical (unpaired) electrons. The Hall–Kier alpha value is -1.62. The van der Waals surface area contributed by atoms with Gasteiger partial charge >= 0.3 is 11.9 Å². The highest BCUT2D eigenvalue weighted by Crippen LogP contribution is 2.77. The summed E-state index contributed by atoms with van der Waals surface area (Å²) in [5, 5.41) is 19.6. The Morgan fingerprint density at radius 1 is 0.872 bits per heavy atom. The van der Waals surface area contributed by atoms with Crippen LogP contribution in [0.2, 0.25) is 0 Å². The molecule has 0 heterocycles. The SMILES string of the molecule is C=C(C)[C@@H]1CC[C@]2(CO)CC[C@]3(C)[C@H](CC[C@@H]4[C@@]5(C)CC[C@H](OC(=O)/C=C\C(=O)O)C(C)(C)[C@@H]5CC[C@]43C)[C@@H]12. The maximum Gasteiger partial charge on any atom is 0.331 e. The van der Waals surface area contributed by atoms with Crippen LogP contribution >= 0.6 is 0 Å². The number of aliphatic carboxylic acids is 1. The van der Waals surface area contributed by atoms with E-state index in [-0.39, 0.29) is 33.2 Å². The number of rotatable bonds is 5. The number of carbonyl (C=O) groups excluding carboxylic acids is 1. The lowest BCUT2D eigenvalue weighted by atomic mass is 9.32. The minimum absolute atomic E-state index is 0.0805. The molecule has 0 spiro atoms. The molecule has 5 nitrogen and oxygen atoms in total. The van der Waals surface area contributed by atoms with Crippen LogP contribution in [0.4, 0.5) is 0 Å². The van der Waals surface area contributed by atoms with Crippen LogP contribution in [0.25, 0.3) is 0 Å². The fourth-order valence-corrected chi connectivity index (χ4v) is 12.1. The molecule has 0 aromatic heterocycles. The molecule has 5 saturated carbocycles. The Kier molecular flexibility index (Phi) is 7.01. The monoisotopic (exact) mass is 540 g/mol. The van der Waals surface area contributed by atoms with Crippen molar-refractivity contribution in [1.82, 2.24) is 0 Å². The third kappa shape index (κ3) is 4.02. The van der Waals surface area contributed by atoms with Crippen molar-refractivity contribution in [2.75, 3.05) is 6.61 Å². The number of allylic oxidation sites excluding steroid dienone is 1. The normalized spacial score (nSPS) is 48.4. The van der Waals surface area contributed by atoms with Gasteiger partial charge in [0.25, 0.3) is 0 Å². The lowest BCUT2D eigenvalue weighted by Gasteiger charge is -2.73. The van der Waals surface area contributed by atoms with E-state index in [2.05, 4.69) is 48.1 Å². The number of carbonyl (C=O) groups is 2. The van der Waals surface area contributed by atoms with E-state index in [9.17, 15) is 14.7 Å². The van der Waals surface area contributed by atoms with Gasteiger partial charge in [-0.3, -0.25) is 0 Å². The van der Waals surface area contributed by atoms with Gasteiger partial charge in [-0.1, -0.05) is 46.8 Å². The third-order valence-corrected chi connectivity index (χ3v) is 14.1. The fraction of sp³-hybridized carbons (Fsp3) is 0.824. The maximum absolute atomic E-state index is 12.4. The molecule has 0 saturated heterocycles. The van der Waals surface area contributed by atoms with Gasteiger partial charge in [0, 0.05) is 24.2 Å². The van der Waals surface area contributed by atoms with Crippen molar-refractivity contribution in [3.63, 3.8) is 0 Å². The van der Waals surface area contributed by atoms with E-state index in [1.165, 1.54) is 37.7 Å². The zero-order valence-electron chi connectivity index (χ0n) is 25.2. The van der Waals surface area contributed by atoms with E-state index >= 15 is 0 Å². The average molecular weight is 541 g/mol. The molecule has 0 aromatic rings. The summed E-state index contributed by atoms with van der Waals surface area (Å²) in [5.74, 6) is 1.11. The number of aliphatic hydroxyl groups excluding tert-OH is 1. The molecule has 2 N–H and O–H groups in total. The second-order valence-electron chi connectivity index (χ2n) is 15.7. The number of esters is 1. The molecule has 218 valence electrons. The Balaban J connectivity index is 1.44. The van der Waals surface area contributed by atoms with Gasteiger partial charge in [-0.2, -0.15) is 0 Å². The van der Waals surface area contributed by atoms with Gasteiger partial charge in [0.05, 0.1) is 0 Å². The second kappa shape index (κ2) is 9.46. The van der Waals surface area contributed by atoms with Crippen molar-refractivity contribution in [1.29, 1.82) is 0 Å². The van der Waals surface area contributed by atoms with Crippen LogP contribution in [-0.4, -0.2) is 34.9 Å². The van der Waals surface area contributed by atoms with Crippen molar-refractivity contribution in [2.45, 2.75) is 112 Å². The fourth-order valence-electron chi connectivity index (χ4n) is 12.1. The van der Waals surface area contributed by atoms with Gasteiger partial charge < -0.3 is 14.9 Å². The lowest BCUT2D eigenvalue weighted by molar-refractivity contribution is -0.251. The number of carboxylic acid groups (broad SMARTS) is 1. The van der Waals surface area contributed by atoms with Crippen LogP contribution < -0.4 is 0 Å². The summed E-state index contributed by atoms with van der Waals surface area (Å²) in [6.45, 7) is 19.3. The summed E-state index contributed by atoms with van der Waals surface area (Å²) in [5.41, 5.74) is 1.90. The molecule has 0 amide bonds. The number of aliphatic hydroxyl groups is 1. The second-order valence-corrected chi connectivity index (χ2v) is 15.7. The Bertz CT molecular complexity index is 1060. The zero-order chi connectivity index (χ0) is 28.6. The van der Waals surface area contributed by atoms with Crippen LogP contribution in [0.15, 0.2) is 24.3 Å². The number of fused-ring (bicyclic) bond motifs is 7. The molecule has 5 aliphatic carbocycles. The molecule has 0 unspecified atom stereocenters. The quantitative estimate of drug-likeness (QED) is 0.219. The van der Waals surface area contributed by atoms with E-state index in [1.54, 1.807) is 0 Å². The van der Waals surface area contributed by atoms with Crippen LogP contribution in [0, 0.1) is 56.7 Å². The van der Waals surface area contributed by atoms with E-state index in [0.29, 0.717) is 36.2 Å². The van der Waals surface area contributed by atoms with Crippen molar-refractivity contribution >= 4 is 11.9 Å². The van der Waals surface area contributed by atoms with E-state index in [4.69, 9.17) is 9.84 Å². The molecule has 10 atom stereocenters. The van der Waals surface area contributed by atoms with Crippen molar-refractivity contribution in [3.05, 3.63) is 24.3 Å². The number of carboxylic acids is 1. The van der Waals surface area contributed by atoms with Gasteiger partial charge in [0.2, 0.25) is 0 Å². The molecule has 39 heavy (non-hydrogen) atoms. The molecular weight excluding hydrogens is 488 g/mol. The Morgan fingerprint density at radius 3 is 2.23 bits per heavy atom. The van der Waals surface area contributed by atoms with E-state index in [0.717, 1.165) is 44.3 Å². The Labute approximate surface area is 235 Å². The summed E-state index contributed by atoms with van der Waals surface area (Å²) < 4.78 is 5.90. The number of ether oxygens (including phenoxy) is 1. The van der Waals surface area contributed by atoms with Gasteiger partial charge in [-0.25, -0.2) is 9.59 Å². The van der Waals surface area contributed by atoms with Gasteiger partial charge in [0.1, 0.15) is 6.10 Å². The maximum atomic E-state index is 12.4. The summed E-state index contributed by atoms with van der Waals surface area (Å²) in [7, 11) is 0. The van der Waals surface area contributed by atoms with Crippen molar-refractivity contribution < 1.29 is 24.5 Å². The van der Waals surface area contributed by atoms with Crippen molar-refractivity contribution in [3.8, 4) is 0 Å². The van der Waals surface area contributed by atoms with E-state index in [1.807, 2.05) is 0 Å². The zero-order valence-corrected chi connectivity index (χ0v) is 25.2. The Morgan fingerprint density at radius 2 is 1.59 bits per heavy atom. The van der Waals surface area contributed by atoms with Gasteiger partial charge in [0.15, 0.2) is 0 Å². The first-order valence-electron chi connectivity index (χ1n) is 15.5. The van der Waals surface area contributed by atoms with Gasteiger partial charge in [-0.15, -0.1) is 0 Å². The molecule has 5 aliphatic rings. The summed E-state index contributed by atoms with van der Waals surface area (Å²) >= 11 is 0. The standard InChI is InChI=1S/C34H52O5/c1-21(2)22-12-17-34(20-35)19-18-32(6)23(29(22)34)8-9-25-31(5)15-14-26(39-28(38)11-10-27(36)37)30(3,4)24(31)13-16-33(25,32)7/h10-11,22-26,29,35H,1,8-9,12-20H2,2-7H3,(H,36,37)/b11-10-/t22-,23+,24-,25+,26-,29+,31-,32+,33+,34+/m0/s1. The predicted molar refractivity (Wildman–Crippen MR) is 153 cm³/mol. The largest absolute Gasteiger partial charge is 0.478 e. The molecule has 5 fully saturated rings. The first-order valence-corrected chi connectivity index (χ1v) is 15.5. The summed E-state index contributed by atoms with van der Waals surface area (Å²) in [4.78, 5) is 23.3. The first kappa shape index (κ1) is 28.9. The minimum atomic E-state index is -1.13. The first-order chi connectivity index (χ1) is 18.2. The topological polar surface area (TPSA) is 83.8 Å². The number of hydrogen-bond acceptors (Lipinski definition) is 4. The lowest BCUT2D eigenvalue weighted by Crippen LogP contribution is -2.67. The highest BCUT2D eigenvalue weighted by atomic mass is 16.5. The average Bonchev–Trinajstić information content (AvgIpc) is 3.25.